The van der Waals surface area contributed by atoms with Gasteiger partial charge in [0, 0.05) is 10.6 Å². The largest absolute Gasteiger partial charge is 0.479 e. The smallest absolute Gasteiger partial charge is 0.416 e. The summed E-state index contributed by atoms with van der Waals surface area (Å²) in [6.45, 7) is 0. The Morgan fingerprint density at radius 1 is 1.38 bits per heavy atom. The highest BCUT2D eigenvalue weighted by atomic mass is 35.5. The zero-order valence-corrected chi connectivity index (χ0v) is 8.38. The van der Waals surface area contributed by atoms with E-state index in [1.54, 1.807) is 0 Å². The molecule has 0 saturated heterocycles. The molecule has 1 aromatic carbocycles. The normalized spacial score (nSPS) is 13.6. The Morgan fingerprint density at radius 3 is 2.38 bits per heavy atom. The predicted octanol–water partition coefficient (Wildman–Crippen LogP) is 2.48. The van der Waals surface area contributed by atoms with E-state index in [1.165, 1.54) is 0 Å². The van der Waals surface area contributed by atoms with Crippen LogP contribution in [-0.2, 0) is 11.0 Å². The van der Waals surface area contributed by atoms with Crippen molar-refractivity contribution in [1.82, 2.24) is 0 Å². The molecule has 7 heteroatoms. The van der Waals surface area contributed by atoms with Gasteiger partial charge in [0.05, 0.1) is 5.56 Å². The Balaban J connectivity index is 3.24. The average molecular weight is 255 g/mol. The molecule has 0 bridgehead atoms. The van der Waals surface area contributed by atoms with Gasteiger partial charge in [-0.2, -0.15) is 13.2 Å². The van der Waals surface area contributed by atoms with Crippen LogP contribution in [0.3, 0.4) is 0 Å². The molecule has 0 aromatic heterocycles. The van der Waals surface area contributed by atoms with Crippen molar-refractivity contribution in [2.45, 2.75) is 12.3 Å². The van der Waals surface area contributed by atoms with E-state index in [9.17, 15) is 18.0 Å². The van der Waals surface area contributed by atoms with Crippen molar-refractivity contribution in [2.75, 3.05) is 0 Å². The molecule has 16 heavy (non-hydrogen) atoms. The van der Waals surface area contributed by atoms with Gasteiger partial charge in [-0.05, 0) is 18.2 Å². The molecule has 0 aliphatic carbocycles. The summed E-state index contributed by atoms with van der Waals surface area (Å²) < 4.78 is 36.9. The van der Waals surface area contributed by atoms with E-state index in [0.29, 0.717) is 12.1 Å². The zero-order valence-electron chi connectivity index (χ0n) is 7.62. The average Bonchev–Trinajstić information content (AvgIpc) is 2.15. The Morgan fingerprint density at radius 2 is 1.94 bits per heavy atom. The van der Waals surface area contributed by atoms with Crippen LogP contribution in [0.2, 0.25) is 5.02 Å². The molecule has 1 aromatic rings. The molecular weight excluding hydrogens is 249 g/mol. The van der Waals surface area contributed by atoms with Crippen molar-refractivity contribution >= 4 is 17.6 Å². The lowest BCUT2D eigenvalue weighted by Crippen LogP contribution is -2.13. The Bertz CT molecular complexity index is 417. The van der Waals surface area contributed by atoms with E-state index in [1.807, 2.05) is 0 Å². The first-order chi connectivity index (χ1) is 7.23. The second kappa shape index (κ2) is 4.31. The standard InChI is InChI=1S/C9H6ClF3O3/c10-6-2-1-4(9(11,12)13)3-5(6)7(14)8(15)16/h1-3,7,14H,(H,15,16)/t7-/m0/s1. The van der Waals surface area contributed by atoms with Crippen molar-refractivity contribution < 1.29 is 28.2 Å². The van der Waals surface area contributed by atoms with Crippen LogP contribution in [0.1, 0.15) is 17.2 Å². The lowest BCUT2D eigenvalue weighted by atomic mass is 10.1. The van der Waals surface area contributed by atoms with Crippen LogP contribution in [0.5, 0.6) is 0 Å². The fourth-order valence-electron chi connectivity index (χ4n) is 1.06. The van der Waals surface area contributed by atoms with E-state index in [4.69, 9.17) is 21.8 Å². The number of hydrogen-bond acceptors (Lipinski definition) is 2. The van der Waals surface area contributed by atoms with Crippen molar-refractivity contribution in [2.24, 2.45) is 0 Å². The maximum Gasteiger partial charge on any atom is 0.416 e. The van der Waals surface area contributed by atoms with Crippen molar-refractivity contribution in [3.63, 3.8) is 0 Å². The molecule has 0 radical (unpaired) electrons. The molecule has 0 spiro atoms. The van der Waals surface area contributed by atoms with E-state index in [2.05, 4.69) is 0 Å². The molecule has 0 fully saturated rings. The Labute approximate surface area is 93.1 Å². The Kier molecular flexibility index (Phi) is 3.44. The third-order valence-electron chi connectivity index (χ3n) is 1.85. The van der Waals surface area contributed by atoms with Crippen molar-refractivity contribution in [1.29, 1.82) is 0 Å². The molecule has 1 rings (SSSR count). The number of halogens is 4. The summed E-state index contributed by atoms with van der Waals surface area (Å²) in [5, 5.41) is 17.3. The number of carboxylic acid groups (broad SMARTS) is 1. The topological polar surface area (TPSA) is 57.5 Å². The van der Waals surface area contributed by atoms with Crippen LogP contribution in [0.25, 0.3) is 0 Å². The predicted molar refractivity (Wildman–Crippen MR) is 49.0 cm³/mol. The van der Waals surface area contributed by atoms with Gasteiger partial charge in [0.2, 0.25) is 0 Å². The number of aliphatic hydroxyl groups excluding tert-OH is 1. The number of aliphatic carboxylic acids is 1. The number of carbonyl (C=O) groups is 1. The fraction of sp³-hybridized carbons (Fsp3) is 0.222. The Hall–Kier alpha value is -1.27. The van der Waals surface area contributed by atoms with Gasteiger partial charge in [0.25, 0.3) is 0 Å². The highest BCUT2D eigenvalue weighted by molar-refractivity contribution is 6.31. The molecule has 0 unspecified atom stereocenters. The number of rotatable bonds is 2. The van der Waals surface area contributed by atoms with Crippen LogP contribution < -0.4 is 0 Å². The summed E-state index contributed by atoms with van der Waals surface area (Å²) in [4.78, 5) is 10.4. The first-order valence-corrected chi connectivity index (χ1v) is 4.39. The number of benzene rings is 1. The van der Waals surface area contributed by atoms with Crippen LogP contribution in [0.4, 0.5) is 13.2 Å². The molecule has 88 valence electrons. The maximum absolute atomic E-state index is 12.3. The molecule has 0 amide bonds. The van der Waals surface area contributed by atoms with Crippen LogP contribution in [0.15, 0.2) is 18.2 Å². The minimum Gasteiger partial charge on any atom is -0.479 e. The molecule has 0 heterocycles. The highest BCUT2D eigenvalue weighted by Crippen LogP contribution is 2.33. The van der Waals surface area contributed by atoms with E-state index < -0.39 is 29.4 Å². The van der Waals surface area contributed by atoms with Crippen LogP contribution in [-0.4, -0.2) is 16.2 Å². The van der Waals surface area contributed by atoms with Gasteiger partial charge in [-0.3, -0.25) is 0 Å². The van der Waals surface area contributed by atoms with Crippen LogP contribution >= 0.6 is 11.6 Å². The number of hydrogen-bond donors (Lipinski definition) is 2. The number of alkyl halides is 3. The van der Waals surface area contributed by atoms with Crippen molar-refractivity contribution in [3.05, 3.63) is 34.3 Å². The lowest BCUT2D eigenvalue weighted by molar-refractivity contribution is -0.147. The maximum atomic E-state index is 12.3. The van der Waals surface area contributed by atoms with Gasteiger partial charge < -0.3 is 10.2 Å². The third kappa shape index (κ3) is 2.65. The van der Waals surface area contributed by atoms with E-state index >= 15 is 0 Å². The number of aliphatic hydroxyl groups is 1. The first-order valence-electron chi connectivity index (χ1n) is 4.01. The van der Waals surface area contributed by atoms with Gasteiger partial charge in [-0.1, -0.05) is 11.6 Å². The molecule has 2 N–H and O–H groups in total. The van der Waals surface area contributed by atoms with Gasteiger partial charge in [-0.25, -0.2) is 4.79 Å². The summed E-state index contributed by atoms with van der Waals surface area (Å²) in [5.74, 6) is -1.67. The summed E-state index contributed by atoms with van der Waals surface area (Å²) in [6.07, 6.45) is -6.69. The molecule has 0 aliphatic heterocycles. The minimum atomic E-state index is -4.61. The van der Waals surface area contributed by atoms with E-state index in [0.717, 1.165) is 6.07 Å². The molecule has 0 saturated carbocycles. The quantitative estimate of drug-likeness (QED) is 0.852. The zero-order chi connectivity index (χ0) is 12.5. The number of carboxylic acids is 1. The van der Waals surface area contributed by atoms with E-state index in [-0.39, 0.29) is 5.02 Å². The molecular formula is C9H6ClF3O3. The molecule has 0 aliphatic rings. The van der Waals surface area contributed by atoms with Crippen molar-refractivity contribution in [3.8, 4) is 0 Å². The second-order valence-electron chi connectivity index (χ2n) is 2.97. The fourth-order valence-corrected chi connectivity index (χ4v) is 1.28. The summed E-state index contributed by atoms with van der Waals surface area (Å²) in [6, 6.07) is 2.12. The van der Waals surface area contributed by atoms with Gasteiger partial charge in [-0.15, -0.1) is 0 Å². The van der Waals surface area contributed by atoms with Crippen LogP contribution in [0, 0.1) is 0 Å². The van der Waals surface area contributed by atoms with Gasteiger partial charge in [0.15, 0.2) is 6.10 Å². The second-order valence-corrected chi connectivity index (χ2v) is 3.38. The summed E-state index contributed by atoms with van der Waals surface area (Å²) >= 11 is 5.49. The summed E-state index contributed by atoms with van der Waals surface area (Å²) in [7, 11) is 0. The van der Waals surface area contributed by atoms with Gasteiger partial charge in [0.1, 0.15) is 0 Å². The minimum absolute atomic E-state index is 0.233. The lowest BCUT2D eigenvalue weighted by Gasteiger charge is -2.12. The first kappa shape index (κ1) is 12.8. The summed E-state index contributed by atoms with van der Waals surface area (Å²) in [5.41, 5.74) is -1.55. The SMILES string of the molecule is O=C(O)[C@@H](O)c1cc(C(F)(F)F)ccc1Cl. The van der Waals surface area contributed by atoms with Gasteiger partial charge >= 0.3 is 12.1 Å². The highest BCUT2D eigenvalue weighted by Gasteiger charge is 2.32. The monoisotopic (exact) mass is 254 g/mol. The molecule has 3 nitrogen and oxygen atoms in total. The third-order valence-corrected chi connectivity index (χ3v) is 2.20. The molecule has 1 atom stereocenters.